The van der Waals surface area contributed by atoms with Crippen molar-refractivity contribution in [1.29, 1.82) is 0 Å². The van der Waals surface area contributed by atoms with Crippen LogP contribution >= 0.6 is 0 Å². The van der Waals surface area contributed by atoms with Gasteiger partial charge in [0.25, 0.3) is 0 Å². The first-order valence-electron chi connectivity index (χ1n) is 8.10. The van der Waals surface area contributed by atoms with Gasteiger partial charge in [0.1, 0.15) is 0 Å². The summed E-state index contributed by atoms with van der Waals surface area (Å²) in [5.74, 6) is 0. The standard InChI is InChI=1S/C16H34N2O/c1-5-9-16(3,13-17-10-6-2)14-18(4)12-15-8-7-11-19-15/h15,17H,5-14H2,1-4H3. The van der Waals surface area contributed by atoms with Gasteiger partial charge in [-0.25, -0.2) is 0 Å². The molecule has 0 amide bonds. The van der Waals surface area contributed by atoms with E-state index in [4.69, 9.17) is 4.74 Å². The summed E-state index contributed by atoms with van der Waals surface area (Å²) in [5, 5.41) is 3.60. The Balaban J connectivity index is 2.36. The molecule has 0 aromatic carbocycles. The molecular formula is C16H34N2O. The van der Waals surface area contributed by atoms with E-state index in [0.717, 1.165) is 32.8 Å². The molecule has 114 valence electrons. The highest BCUT2D eigenvalue weighted by Crippen LogP contribution is 2.24. The lowest BCUT2D eigenvalue weighted by atomic mass is 9.84. The first-order chi connectivity index (χ1) is 9.09. The van der Waals surface area contributed by atoms with E-state index in [1.165, 1.54) is 32.1 Å². The maximum atomic E-state index is 5.74. The zero-order chi connectivity index (χ0) is 14.1. The maximum Gasteiger partial charge on any atom is 0.0702 e. The molecule has 1 saturated heterocycles. The largest absolute Gasteiger partial charge is 0.377 e. The summed E-state index contributed by atoms with van der Waals surface area (Å²) in [6.07, 6.45) is 6.72. The topological polar surface area (TPSA) is 24.5 Å². The van der Waals surface area contributed by atoms with Crippen LogP contribution in [0.25, 0.3) is 0 Å². The fourth-order valence-electron chi connectivity index (χ4n) is 3.25. The fourth-order valence-corrected chi connectivity index (χ4v) is 3.25. The molecule has 0 aromatic rings. The molecule has 0 aliphatic carbocycles. The summed E-state index contributed by atoms with van der Waals surface area (Å²) in [6, 6.07) is 0. The van der Waals surface area contributed by atoms with E-state index >= 15 is 0 Å². The van der Waals surface area contributed by atoms with E-state index in [2.05, 4.69) is 38.0 Å². The Labute approximate surface area is 120 Å². The van der Waals surface area contributed by atoms with Gasteiger partial charge in [-0.2, -0.15) is 0 Å². The maximum absolute atomic E-state index is 5.74. The van der Waals surface area contributed by atoms with E-state index < -0.39 is 0 Å². The van der Waals surface area contributed by atoms with E-state index in [1.54, 1.807) is 0 Å². The van der Waals surface area contributed by atoms with E-state index in [9.17, 15) is 0 Å². The summed E-state index contributed by atoms with van der Waals surface area (Å²) in [6.45, 7) is 12.4. The summed E-state index contributed by atoms with van der Waals surface area (Å²) < 4.78 is 5.74. The molecule has 1 aliphatic heterocycles. The Kier molecular flexibility index (Phi) is 7.96. The van der Waals surface area contributed by atoms with E-state index in [-0.39, 0.29) is 0 Å². The predicted molar refractivity (Wildman–Crippen MR) is 82.6 cm³/mol. The Morgan fingerprint density at radius 2 is 2.11 bits per heavy atom. The van der Waals surface area contributed by atoms with Crippen LogP contribution in [0.3, 0.4) is 0 Å². The van der Waals surface area contributed by atoms with Crippen LogP contribution in [0.5, 0.6) is 0 Å². The minimum absolute atomic E-state index is 0.386. The van der Waals surface area contributed by atoms with Gasteiger partial charge in [-0.15, -0.1) is 0 Å². The molecule has 1 fully saturated rings. The van der Waals surface area contributed by atoms with Crippen LogP contribution < -0.4 is 5.32 Å². The first kappa shape index (κ1) is 16.9. The van der Waals surface area contributed by atoms with Gasteiger partial charge in [0.2, 0.25) is 0 Å². The zero-order valence-corrected chi connectivity index (χ0v) is 13.5. The van der Waals surface area contributed by atoms with Crippen LogP contribution in [0.2, 0.25) is 0 Å². The lowest BCUT2D eigenvalue weighted by molar-refractivity contribution is 0.0654. The van der Waals surface area contributed by atoms with Gasteiger partial charge in [0.15, 0.2) is 0 Å². The van der Waals surface area contributed by atoms with Gasteiger partial charge in [0.05, 0.1) is 6.10 Å². The highest BCUT2D eigenvalue weighted by Gasteiger charge is 2.26. The summed E-state index contributed by atoms with van der Waals surface area (Å²) in [7, 11) is 2.25. The van der Waals surface area contributed by atoms with Gasteiger partial charge in [-0.3, -0.25) is 0 Å². The van der Waals surface area contributed by atoms with Crippen molar-refractivity contribution >= 4 is 0 Å². The molecule has 1 N–H and O–H groups in total. The molecule has 2 unspecified atom stereocenters. The Morgan fingerprint density at radius 3 is 2.68 bits per heavy atom. The van der Waals surface area contributed by atoms with Crippen molar-refractivity contribution in [3.8, 4) is 0 Å². The third-order valence-corrected chi connectivity index (χ3v) is 4.02. The number of hydrogen-bond acceptors (Lipinski definition) is 3. The molecular weight excluding hydrogens is 236 g/mol. The molecule has 3 heteroatoms. The van der Waals surface area contributed by atoms with Crippen LogP contribution in [-0.4, -0.2) is 50.8 Å². The normalized spacial score (nSPS) is 22.9. The molecule has 1 aliphatic rings. The molecule has 1 rings (SSSR count). The molecule has 3 nitrogen and oxygen atoms in total. The van der Waals surface area contributed by atoms with Crippen LogP contribution in [0, 0.1) is 5.41 Å². The zero-order valence-electron chi connectivity index (χ0n) is 13.5. The van der Waals surface area contributed by atoms with Crippen molar-refractivity contribution in [2.24, 2.45) is 5.41 Å². The smallest absolute Gasteiger partial charge is 0.0702 e. The number of ether oxygens (including phenoxy) is 1. The van der Waals surface area contributed by atoms with Gasteiger partial charge < -0.3 is 15.0 Å². The number of nitrogens with zero attached hydrogens (tertiary/aromatic N) is 1. The Bertz CT molecular complexity index is 229. The minimum atomic E-state index is 0.386. The van der Waals surface area contributed by atoms with Crippen LogP contribution in [0.15, 0.2) is 0 Å². The van der Waals surface area contributed by atoms with E-state index in [1.807, 2.05) is 0 Å². The molecule has 19 heavy (non-hydrogen) atoms. The third-order valence-electron chi connectivity index (χ3n) is 4.02. The van der Waals surface area contributed by atoms with Crippen molar-refractivity contribution in [2.75, 3.05) is 39.8 Å². The van der Waals surface area contributed by atoms with E-state index in [0.29, 0.717) is 11.5 Å². The van der Waals surface area contributed by atoms with Gasteiger partial charge in [0, 0.05) is 26.2 Å². The fraction of sp³-hybridized carbons (Fsp3) is 1.00. The van der Waals surface area contributed by atoms with Crippen molar-refractivity contribution in [1.82, 2.24) is 10.2 Å². The average Bonchev–Trinajstić information content (AvgIpc) is 2.82. The summed E-state index contributed by atoms with van der Waals surface area (Å²) in [5.41, 5.74) is 0.386. The van der Waals surface area contributed by atoms with Crippen LogP contribution in [0.4, 0.5) is 0 Å². The number of hydrogen-bond donors (Lipinski definition) is 1. The predicted octanol–water partition coefficient (Wildman–Crippen LogP) is 2.90. The highest BCUT2D eigenvalue weighted by molar-refractivity contribution is 4.81. The number of nitrogens with one attached hydrogen (secondary N) is 1. The molecule has 0 spiro atoms. The monoisotopic (exact) mass is 270 g/mol. The Morgan fingerprint density at radius 1 is 1.32 bits per heavy atom. The second-order valence-corrected chi connectivity index (χ2v) is 6.57. The van der Waals surface area contributed by atoms with Crippen LogP contribution in [-0.2, 0) is 4.74 Å². The van der Waals surface area contributed by atoms with Crippen molar-refractivity contribution in [2.45, 2.75) is 59.0 Å². The average molecular weight is 270 g/mol. The molecule has 0 aromatic heterocycles. The van der Waals surface area contributed by atoms with Gasteiger partial charge in [-0.1, -0.05) is 27.2 Å². The lowest BCUT2D eigenvalue weighted by Crippen LogP contribution is -2.43. The molecule has 2 atom stereocenters. The van der Waals surface area contributed by atoms with Gasteiger partial charge >= 0.3 is 0 Å². The second-order valence-electron chi connectivity index (χ2n) is 6.57. The molecule has 0 bridgehead atoms. The third kappa shape index (κ3) is 6.73. The van der Waals surface area contributed by atoms with Crippen LogP contribution in [0.1, 0.15) is 52.9 Å². The SMILES string of the molecule is CCCNCC(C)(CCC)CN(C)CC1CCCO1. The first-order valence-corrected chi connectivity index (χ1v) is 8.10. The Hall–Kier alpha value is -0.120. The summed E-state index contributed by atoms with van der Waals surface area (Å²) >= 11 is 0. The molecule has 1 heterocycles. The molecule has 0 saturated carbocycles. The summed E-state index contributed by atoms with van der Waals surface area (Å²) in [4.78, 5) is 2.47. The minimum Gasteiger partial charge on any atom is -0.377 e. The quantitative estimate of drug-likeness (QED) is 0.618. The lowest BCUT2D eigenvalue weighted by Gasteiger charge is -2.35. The van der Waals surface area contributed by atoms with Crippen molar-refractivity contribution in [3.63, 3.8) is 0 Å². The number of rotatable bonds is 10. The van der Waals surface area contributed by atoms with Gasteiger partial charge in [-0.05, 0) is 44.7 Å². The van der Waals surface area contributed by atoms with Crippen molar-refractivity contribution < 1.29 is 4.74 Å². The van der Waals surface area contributed by atoms with Crippen molar-refractivity contribution in [3.05, 3.63) is 0 Å². The number of likely N-dealkylation sites (N-methyl/N-ethyl adjacent to an activating group) is 1. The second kappa shape index (κ2) is 8.93. The molecule has 0 radical (unpaired) electrons. The highest BCUT2D eigenvalue weighted by atomic mass is 16.5.